The minimum atomic E-state index is 0.394. The Morgan fingerprint density at radius 2 is 2.25 bits per heavy atom. The van der Waals surface area contributed by atoms with Gasteiger partial charge in [-0.1, -0.05) is 18.2 Å². The number of fused-ring (bicyclic) bond motifs is 1. The van der Waals surface area contributed by atoms with Crippen LogP contribution in [0.4, 0.5) is 0 Å². The third kappa shape index (κ3) is 2.92. The topological polar surface area (TPSA) is 21.3 Å². The van der Waals surface area contributed by atoms with Gasteiger partial charge < -0.3 is 10.1 Å². The van der Waals surface area contributed by atoms with Gasteiger partial charge in [0.1, 0.15) is 12.4 Å². The molecule has 1 aliphatic rings. The van der Waals surface area contributed by atoms with Gasteiger partial charge in [0.15, 0.2) is 0 Å². The van der Waals surface area contributed by atoms with E-state index < -0.39 is 0 Å². The van der Waals surface area contributed by atoms with Gasteiger partial charge in [0.2, 0.25) is 0 Å². The molecule has 0 aliphatic carbocycles. The lowest BCUT2D eigenvalue weighted by Gasteiger charge is -2.10. The molecule has 0 spiro atoms. The van der Waals surface area contributed by atoms with Crippen molar-refractivity contribution in [3.05, 3.63) is 29.8 Å². The van der Waals surface area contributed by atoms with E-state index in [4.69, 9.17) is 4.74 Å². The zero-order chi connectivity index (χ0) is 11.2. The predicted octanol–water partition coefficient (Wildman–Crippen LogP) is 2.85. The number of benzene rings is 1. The van der Waals surface area contributed by atoms with Crippen LogP contribution in [0.15, 0.2) is 24.3 Å². The van der Waals surface area contributed by atoms with E-state index in [1.54, 1.807) is 0 Å². The molecule has 0 aromatic heterocycles. The maximum Gasteiger partial charge on any atom is 0.124 e. The minimum absolute atomic E-state index is 0.394. The molecule has 2 nitrogen and oxygen atoms in total. The zero-order valence-corrected chi connectivity index (χ0v) is 10.6. The number of para-hydroxylation sites is 1. The molecular weight excluding hydrogens is 218 g/mol. The molecule has 1 N–H and O–H groups in total. The number of nitrogens with one attached hydrogen (secondary N) is 1. The molecular formula is C13H19NOS. The van der Waals surface area contributed by atoms with Gasteiger partial charge in [-0.25, -0.2) is 0 Å². The SMILES string of the molecule is CSCCCCNC1COc2ccccc21. The lowest BCUT2D eigenvalue weighted by Crippen LogP contribution is -2.23. The van der Waals surface area contributed by atoms with E-state index in [2.05, 4.69) is 23.7 Å². The monoisotopic (exact) mass is 237 g/mol. The van der Waals surface area contributed by atoms with Crippen molar-refractivity contribution in [2.75, 3.05) is 25.2 Å². The molecule has 2 rings (SSSR count). The van der Waals surface area contributed by atoms with E-state index in [0.717, 1.165) is 18.9 Å². The van der Waals surface area contributed by atoms with Gasteiger partial charge in [-0.2, -0.15) is 11.8 Å². The summed E-state index contributed by atoms with van der Waals surface area (Å²) in [5.74, 6) is 2.31. The smallest absolute Gasteiger partial charge is 0.124 e. The standard InChI is InChI=1S/C13H19NOS/c1-16-9-5-4-8-14-12-10-15-13-7-3-2-6-11(12)13/h2-3,6-7,12,14H,4-5,8-10H2,1H3. The summed E-state index contributed by atoms with van der Waals surface area (Å²) in [6, 6.07) is 8.70. The summed E-state index contributed by atoms with van der Waals surface area (Å²) in [7, 11) is 0. The summed E-state index contributed by atoms with van der Waals surface area (Å²) in [6.45, 7) is 1.87. The molecule has 0 saturated carbocycles. The first-order valence-electron chi connectivity index (χ1n) is 5.86. The van der Waals surface area contributed by atoms with Gasteiger partial charge in [0.05, 0.1) is 6.04 Å². The molecule has 1 heterocycles. The Morgan fingerprint density at radius 1 is 1.38 bits per heavy atom. The summed E-state index contributed by atoms with van der Waals surface area (Å²) in [5.41, 5.74) is 1.31. The Hall–Kier alpha value is -0.670. The summed E-state index contributed by atoms with van der Waals surface area (Å²) in [6.07, 6.45) is 4.71. The van der Waals surface area contributed by atoms with Crippen LogP contribution in [0.2, 0.25) is 0 Å². The van der Waals surface area contributed by atoms with Crippen LogP contribution < -0.4 is 10.1 Å². The van der Waals surface area contributed by atoms with Gasteiger partial charge >= 0.3 is 0 Å². The maximum atomic E-state index is 5.62. The molecule has 0 saturated heterocycles. The largest absolute Gasteiger partial charge is 0.491 e. The Labute approximate surface area is 102 Å². The van der Waals surface area contributed by atoms with Crippen molar-refractivity contribution < 1.29 is 4.74 Å². The minimum Gasteiger partial charge on any atom is -0.491 e. The predicted molar refractivity (Wildman–Crippen MR) is 70.3 cm³/mol. The van der Waals surface area contributed by atoms with E-state index in [9.17, 15) is 0 Å². The third-order valence-corrected chi connectivity index (χ3v) is 3.56. The molecule has 0 fully saturated rings. The van der Waals surface area contributed by atoms with Crippen LogP contribution >= 0.6 is 11.8 Å². The highest BCUT2D eigenvalue weighted by Crippen LogP contribution is 2.31. The van der Waals surface area contributed by atoms with E-state index in [1.807, 2.05) is 23.9 Å². The van der Waals surface area contributed by atoms with E-state index in [0.29, 0.717) is 6.04 Å². The van der Waals surface area contributed by atoms with Crippen molar-refractivity contribution in [2.24, 2.45) is 0 Å². The van der Waals surface area contributed by atoms with Crippen molar-refractivity contribution in [1.82, 2.24) is 5.32 Å². The molecule has 1 atom stereocenters. The second-order valence-corrected chi connectivity index (χ2v) is 5.04. The Bertz CT molecular complexity index is 329. The highest BCUT2D eigenvalue weighted by molar-refractivity contribution is 7.98. The number of thioether (sulfide) groups is 1. The summed E-state index contributed by atoms with van der Waals surface area (Å²) < 4.78 is 5.62. The third-order valence-electron chi connectivity index (χ3n) is 2.87. The fraction of sp³-hybridized carbons (Fsp3) is 0.538. The number of hydrogen-bond donors (Lipinski definition) is 1. The molecule has 0 radical (unpaired) electrons. The zero-order valence-electron chi connectivity index (χ0n) is 9.74. The highest BCUT2D eigenvalue weighted by Gasteiger charge is 2.22. The quantitative estimate of drug-likeness (QED) is 0.769. The molecule has 1 aliphatic heterocycles. The van der Waals surface area contributed by atoms with E-state index in [-0.39, 0.29) is 0 Å². The molecule has 1 aromatic carbocycles. The van der Waals surface area contributed by atoms with Crippen LogP contribution in [0.3, 0.4) is 0 Å². The summed E-state index contributed by atoms with van der Waals surface area (Å²) >= 11 is 1.92. The van der Waals surface area contributed by atoms with E-state index in [1.165, 1.54) is 24.2 Å². The van der Waals surface area contributed by atoms with Crippen molar-refractivity contribution >= 4 is 11.8 Å². The second kappa shape index (κ2) is 6.16. The average Bonchev–Trinajstić information content (AvgIpc) is 2.73. The van der Waals surface area contributed by atoms with Gasteiger partial charge in [0, 0.05) is 5.56 Å². The van der Waals surface area contributed by atoms with Gasteiger partial charge in [0.25, 0.3) is 0 Å². The van der Waals surface area contributed by atoms with Gasteiger partial charge in [-0.15, -0.1) is 0 Å². The van der Waals surface area contributed by atoms with Crippen molar-refractivity contribution in [1.29, 1.82) is 0 Å². The fourth-order valence-electron chi connectivity index (χ4n) is 1.98. The first-order chi connectivity index (χ1) is 7.92. The van der Waals surface area contributed by atoms with Gasteiger partial charge in [-0.05, 0) is 37.5 Å². The van der Waals surface area contributed by atoms with Crippen LogP contribution in [0.25, 0.3) is 0 Å². The Balaban J connectivity index is 1.76. The average molecular weight is 237 g/mol. The summed E-state index contributed by atoms with van der Waals surface area (Å²) in [4.78, 5) is 0. The molecule has 1 unspecified atom stereocenters. The Kier molecular flexibility index (Phi) is 4.55. The second-order valence-electron chi connectivity index (χ2n) is 4.06. The number of unbranched alkanes of at least 4 members (excludes halogenated alkanes) is 1. The van der Waals surface area contributed by atoms with Crippen LogP contribution in [0, 0.1) is 0 Å². The van der Waals surface area contributed by atoms with E-state index >= 15 is 0 Å². The number of hydrogen-bond acceptors (Lipinski definition) is 3. The van der Waals surface area contributed by atoms with Crippen molar-refractivity contribution in [3.8, 4) is 5.75 Å². The molecule has 88 valence electrons. The highest BCUT2D eigenvalue weighted by atomic mass is 32.2. The molecule has 16 heavy (non-hydrogen) atoms. The Morgan fingerprint density at radius 3 is 3.12 bits per heavy atom. The maximum absolute atomic E-state index is 5.62. The number of rotatable bonds is 6. The molecule has 0 bridgehead atoms. The normalized spacial score (nSPS) is 18.2. The molecule has 3 heteroatoms. The fourth-order valence-corrected chi connectivity index (χ4v) is 2.47. The first-order valence-corrected chi connectivity index (χ1v) is 7.25. The van der Waals surface area contributed by atoms with Crippen LogP contribution in [0.5, 0.6) is 5.75 Å². The van der Waals surface area contributed by atoms with Gasteiger partial charge in [-0.3, -0.25) is 0 Å². The van der Waals surface area contributed by atoms with Crippen LogP contribution in [0.1, 0.15) is 24.4 Å². The number of ether oxygens (including phenoxy) is 1. The molecule has 0 amide bonds. The van der Waals surface area contributed by atoms with Crippen LogP contribution in [-0.4, -0.2) is 25.2 Å². The lowest BCUT2D eigenvalue weighted by molar-refractivity contribution is 0.311. The van der Waals surface area contributed by atoms with Crippen molar-refractivity contribution in [3.63, 3.8) is 0 Å². The molecule has 1 aromatic rings. The first kappa shape index (κ1) is 11.8. The summed E-state index contributed by atoms with van der Waals surface area (Å²) in [5, 5.41) is 3.56. The lowest BCUT2D eigenvalue weighted by atomic mass is 10.1. The van der Waals surface area contributed by atoms with Crippen LogP contribution in [-0.2, 0) is 0 Å². The van der Waals surface area contributed by atoms with Crippen molar-refractivity contribution in [2.45, 2.75) is 18.9 Å².